The lowest BCUT2D eigenvalue weighted by Crippen LogP contribution is -2.39. The van der Waals surface area contributed by atoms with Crippen molar-refractivity contribution in [3.63, 3.8) is 0 Å². The van der Waals surface area contributed by atoms with Crippen LogP contribution in [0.15, 0.2) is 12.1 Å². The fraction of sp³-hybridized carbons (Fsp3) is 0.588. The molecule has 0 saturated carbocycles. The lowest BCUT2D eigenvalue weighted by atomic mass is 9.93. The average molecular weight is 277 g/mol. The number of carbonyl (C=O) groups is 1. The number of carboxylic acids is 1. The van der Waals surface area contributed by atoms with Crippen molar-refractivity contribution in [2.75, 3.05) is 6.54 Å². The lowest BCUT2D eigenvalue weighted by molar-refractivity contribution is -0.139. The molecule has 1 aromatic rings. The van der Waals surface area contributed by atoms with Gasteiger partial charge >= 0.3 is 5.97 Å². The van der Waals surface area contributed by atoms with Crippen LogP contribution in [0.25, 0.3) is 0 Å². The van der Waals surface area contributed by atoms with Crippen molar-refractivity contribution < 1.29 is 9.90 Å². The van der Waals surface area contributed by atoms with E-state index in [1.54, 1.807) is 0 Å². The molecule has 0 heterocycles. The van der Waals surface area contributed by atoms with Crippen LogP contribution in [0.5, 0.6) is 0 Å². The van der Waals surface area contributed by atoms with Gasteiger partial charge in [0, 0.05) is 12.1 Å². The molecular formula is C17H27NO2. The highest BCUT2D eigenvalue weighted by atomic mass is 16.4. The van der Waals surface area contributed by atoms with E-state index < -0.39 is 5.97 Å². The molecule has 0 spiro atoms. The molecule has 3 heteroatoms. The maximum Gasteiger partial charge on any atom is 0.317 e. The average Bonchev–Trinajstić information content (AvgIpc) is 2.33. The van der Waals surface area contributed by atoms with Crippen LogP contribution < -0.4 is 0 Å². The second kappa shape index (κ2) is 6.89. The first-order valence-electron chi connectivity index (χ1n) is 7.33. The SMILES string of the molecule is CCC(C)N(CC(=O)O)C(C)c1c(C)cc(C)cc1C. The zero-order valence-corrected chi connectivity index (χ0v) is 13.5. The van der Waals surface area contributed by atoms with E-state index in [9.17, 15) is 4.79 Å². The topological polar surface area (TPSA) is 40.5 Å². The van der Waals surface area contributed by atoms with Crippen LogP contribution in [-0.4, -0.2) is 28.6 Å². The van der Waals surface area contributed by atoms with E-state index in [0.717, 1.165) is 6.42 Å². The number of benzene rings is 1. The van der Waals surface area contributed by atoms with E-state index in [2.05, 4.69) is 58.6 Å². The van der Waals surface area contributed by atoms with Gasteiger partial charge in [-0.15, -0.1) is 0 Å². The van der Waals surface area contributed by atoms with Gasteiger partial charge in [-0.3, -0.25) is 9.69 Å². The fourth-order valence-corrected chi connectivity index (χ4v) is 3.08. The zero-order valence-electron chi connectivity index (χ0n) is 13.5. The molecule has 0 saturated heterocycles. The number of aryl methyl sites for hydroxylation is 3. The molecule has 0 aliphatic rings. The predicted molar refractivity (Wildman–Crippen MR) is 83.2 cm³/mol. The Bertz CT molecular complexity index is 459. The van der Waals surface area contributed by atoms with Crippen molar-refractivity contribution in [1.82, 2.24) is 4.90 Å². The Hall–Kier alpha value is -1.35. The summed E-state index contributed by atoms with van der Waals surface area (Å²) in [6.07, 6.45) is 0.946. The van der Waals surface area contributed by atoms with Crippen LogP contribution in [0.4, 0.5) is 0 Å². The first-order chi connectivity index (χ1) is 9.27. The van der Waals surface area contributed by atoms with Crippen LogP contribution in [0.1, 0.15) is 55.5 Å². The zero-order chi connectivity index (χ0) is 15.4. The van der Waals surface area contributed by atoms with Gasteiger partial charge in [-0.2, -0.15) is 0 Å². The molecule has 0 radical (unpaired) electrons. The molecule has 1 N–H and O–H groups in total. The van der Waals surface area contributed by atoms with Gasteiger partial charge in [-0.05, 0) is 57.7 Å². The number of carboxylic acid groups (broad SMARTS) is 1. The van der Waals surface area contributed by atoms with Gasteiger partial charge in [-0.1, -0.05) is 24.6 Å². The summed E-state index contributed by atoms with van der Waals surface area (Å²) in [6, 6.07) is 4.71. The van der Waals surface area contributed by atoms with Crippen molar-refractivity contribution in [3.8, 4) is 0 Å². The number of aliphatic carboxylic acids is 1. The van der Waals surface area contributed by atoms with Crippen LogP contribution >= 0.6 is 0 Å². The third-order valence-electron chi connectivity index (χ3n) is 4.13. The summed E-state index contributed by atoms with van der Waals surface area (Å²) in [7, 11) is 0. The molecule has 0 aliphatic heterocycles. The Balaban J connectivity index is 3.18. The van der Waals surface area contributed by atoms with Gasteiger partial charge in [0.15, 0.2) is 0 Å². The van der Waals surface area contributed by atoms with E-state index in [0.29, 0.717) is 0 Å². The summed E-state index contributed by atoms with van der Waals surface area (Å²) in [6.45, 7) is 12.7. The molecule has 2 atom stereocenters. The Morgan fingerprint density at radius 2 is 1.70 bits per heavy atom. The monoisotopic (exact) mass is 277 g/mol. The van der Waals surface area contributed by atoms with Crippen LogP contribution in [-0.2, 0) is 4.79 Å². The molecule has 0 amide bonds. The van der Waals surface area contributed by atoms with Gasteiger partial charge in [0.05, 0.1) is 6.54 Å². The lowest BCUT2D eigenvalue weighted by Gasteiger charge is -2.34. The molecule has 0 aliphatic carbocycles. The van der Waals surface area contributed by atoms with E-state index >= 15 is 0 Å². The molecule has 112 valence electrons. The summed E-state index contributed by atoms with van der Waals surface area (Å²) in [4.78, 5) is 13.2. The molecule has 20 heavy (non-hydrogen) atoms. The van der Waals surface area contributed by atoms with E-state index in [-0.39, 0.29) is 18.6 Å². The van der Waals surface area contributed by atoms with E-state index in [4.69, 9.17) is 5.11 Å². The molecule has 1 aromatic carbocycles. The first kappa shape index (κ1) is 16.7. The highest BCUT2D eigenvalue weighted by molar-refractivity contribution is 5.69. The molecule has 0 bridgehead atoms. The quantitative estimate of drug-likeness (QED) is 0.858. The minimum absolute atomic E-state index is 0.0862. The standard InChI is InChI=1S/C17H27NO2/c1-7-14(5)18(10-16(19)20)15(6)17-12(3)8-11(2)9-13(17)4/h8-9,14-15H,7,10H2,1-6H3,(H,19,20). The Labute approximate surface area is 122 Å². The fourth-order valence-electron chi connectivity index (χ4n) is 3.08. The third kappa shape index (κ3) is 3.83. The summed E-state index contributed by atoms with van der Waals surface area (Å²) in [5.41, 5.74) is 5.00. The normalized spacial score (nSPS) is 14.3. The molecule has 3 nitrogen and oxygen atoms in total. The van der Waals surface area contributed by atoms with Crippen LogP contribution in [0.3, 0.4) is 0 Å². The van der Waals surface area contributed by atoms with Gasteiger partial charge in [0.25, 0.3) is 0 Å². The Morgan fingerprint density at radius 3 is 2.10 bits per heavy atom. The van der Waals surface area contributed by atoms with Crippen molar-refractivity contribution in [2.24, 2.45) is 0 Å². The van der Waals surface area contributed by atoms with Gasteiger partial charge in [0.2, 0.25) is 0 Å². The smallest absolute Gasteiger partial charge is 0.317 e. The molecule has 2 unspecified atom stereocenters. The second-order valence-corrected chi connectivity index (χ2v) is 5.81. The largest absolute Gasteiger partial charge is 0.480 e. The molecule has 1 rings (SSSR count). The number of hydrogen-bond donors (Lipinski definition) is 1. The summed E-state index contributed by atoms with van der Waals surface area (Å²) >= 11 is 0. The maximum absolute atomic E-state index is 11.1. The van der Waals surface area contributed by atoms with Gasteiger partial charge in [0.1, 0.15) is 0 Å². The molecular weight excluding hydrogens is 250 g/mol. The minimum Gasteiger partial charge on any atom is -0.480 e. The third-order valence-corrected chi connectivity index (χ3v) is 4.13. The Kier molecular flexibility index (Phi) is 5.75. The maximum atomic E-state index is 11.1. The van der Waals surface area contributed by atoms with Crippen molar-refractivity contribution in [1.29, 1.82) is 0 Å². The summed E-state index contributed by atoms with van der Waals surface area (Å²) in [5.74, 6) is -0.764. The number of hydrogen-bond acceptors (Lipinski definition) is 2. The summed E-state index contributed by atoms with van der Waals surface area (Å²) in [5, 5.41) is 9.17. The van der Waals surface area contributed by atoms with E-state index in [1.165, 1.54) is 22.3 Å². The van der Waals surface area contributed by atoms with Crippen LogP contribution in [0.2, 0.25) is 0 Å². The second-order valence-electron chi connectivity index (χ2n) is 5.81. The van der Waals surface area contributed by atoms with E-state index in [1.807, 2.05) is 0 Å². The highest BCUT2D eigenvalue weighted by Gasteiger charge is 2.24. The highest BCUT2D eigenvalue weighted by Crippen LogP contribution is 2.29. The van der Waals surface area contributed by atoms with Crippen molar-refractivity contribution >= 4 is 5.97 Å². The van der Waals surface area contributed by atoms with Crippen LogP contribution in [0, 0.1) is 20.8 Å². The predicted octanol–water partition coefficient (Wildman–Crippen LogP) is 3.86. The first-order valence-corrected chi connectivity index (χ1v) is 7.33. The van der Waals surface area contributed by atoms with Gasteiger partial charge < -0.3 is 5.11 Å². The minimum atomic E-state index is -0.764. The molecule has 0 aromatic heterocycles. The van der Waals surface area contributed by atoms with Crippen molar-refractivity contribution in [2.45, 2.75) is 60.0 Å². The molecule has 0 fully saturated rings. The van der Waals surface area contributed by atoms with Gasteiger partial charge in [-0.25, -0.2) is 0 Å². The Morgan fingerprint density at radius 1 is 1.20 bits per heavy atom. The van der Waals surface area contributed by atoms with Crippen molar-refractivity contribution in [3.05, 3.63) is 34.4 Å². The number of nitrogens with zero attached hydrogens (tertiary/aromatic N) is 1. The summed E-state index contributed by atoms with van der Waals surface area (Å²) < 4.78 is 0. The number of rotatable bonds is 6.